The molecule has 100 valence electrons. The first-order valence-electron chi connectivity index (χ1n) is 5.72. The second-order valence-corrected chi connectivity index (χ2v) is 4.53. The van der Waals surface area contributed by atoms with E-state index in [1.165, 1.54) is 31.5 Å². The first-order chi connectivity index (χ1) is 9.10. The molecule has 0 fully saturated rings. The standard InChI is InChI=1S/C14H13ClFNO2/c1-19-14-5-2-9(8-17-14)13(18)7-10-6-11(15)3-4-12(10)16/h2-6,8,13,18H,7H2,1H3. The number of hydrogen-bond acceptors (Lipinski definition) is 3. The summed E-state index contributed by atoms with van der Waals surface area (Å²) in [4.78, 5) is 4.00. The van der Waals surface area contributed by atoms with Crippen LogP contribution in [0.15, 0.2) is 36.5 Å². The number of benzene rings is 1. The zero-order valence-electron chi connectivity index (χ0n) is 10.3. The molecule has 1 atom stereocenters. The van der Waals surface area contributed by atoms with Crippen LogP contribution >= 0.6 is 11.6 Å². The fourth-order valence-electron chi connectivity index (χ4n) is 1.74. The van der Waals surface area contributed by atoms with Gasteiger partial charge in [0.1, 0.15) is 5.82 Å². The van der Waals surface area contributed by atoms with Crippen LogP contribution in [0.1, 0.15) is 17.2 Å². The van der Waals surface area contributed by atoms with Gasteiger partial charge in [0.15, 0.2) is 0 Å². The lowest BCUT2D eigenvalue weighted by atomic mass is 10.0. The second-order valence-electron chi connectivity index (χ2n) is 4.09. The lowest BCUT2D eigenvalue weighted by molar-refractivity contribution is 0.176. The monoisotopic (exact) mass is 281 g/mol. The number of pyridine rings is 1. The summed E-state index contributed by atoms with van der Waals surface area (Å²) in [5, 5.41) is 10.5. The predicted molar refractivity (Wildman–Crippen MR) is 70.9 cm³/mol. The number of rotatable bonds is 4. The van der Waals surface area contributed by atoms with Gasteiger partial charge in [0, 0.05) is 23.7 Å². The molecule has 0 radical (unpaired) electrons. The molecule has 0 aliphatic heterocycles. The summed E-state index contributed by atoms with van der Waals surface area (Å²) in [6.07, 6.45) is 0.804. The molecule has 2 aromatic rings. The Morgan fingerprint density at radius 1 is 1.37 bits per heavy atom. The van der Waals surface area contributed by atoms with E-state index in [4.69, 9.17) is 16.3 Å². The van der Waals surface area contributed by atoms with E-state index in [1.807, 2.05) is 0 Å². The lowest BCUT2D eigenvalue weighted by Crippen LogP contribution is -2.04. The van der Waals surface area contributed by atoms with Gasteiger partial charge in [-0.1, -0.05) is 11.6 Å². The quantitative estimate of drug-likeness (QED) is 0.936. The molecular formula is C14H13ClFNO2. The molecule has 0 aliphatic carbocycles. The van der Waals surface area contributed by atoms with E-state index in [1.54, 1.807) is 12.1 Å². The van der Waals surface area contributed by atoms with Crippen LogP contribution < -0.4 is 4.74 Å². The SMILES string of the molecule is COc1ccc(C(O)Cc2cc(Cl)ccc2F)cn1. The molecule has 1 aromatic carbocycles. The number of methoxy groups -OCH3 is 1. The van der Waals surface area contributed by atoms with E-state index in [0.29, 0.717) is 22.0 Å². The normalized spacial score (nSPS) is 12.2. The fourth-order valence-corrected chi connectivity index (χ4v) is 1.93. The van der Waals surface area contributed by atoms with Crippen molar-refractivity contribution >= 4 is 11.6 Å². The molecule has 1 heterocycles. The summed E-state index contributed by atoms with van der Waals surface area (Å²) in [7, 11) is 1.51. The maximum atomic E-state index is 13.6. The van der Waals surface area contributed by atoms with Crippen LogP contribution in [0.5, 0.6) is 5.88 Å². The number of aliphatic hydroxyl groups excluding tert-OH is 1. The van der Waals surface area contributed by atoms with E-state index in [9.17, 15) is 9.50 Å². The largest absolute Gasteiger partial charge is 0.481 e. The Hall–Kier alpha value is -1.65. The smallest absolute Gasteiger partial charge is 0.212 e. The molecular weight excluding hydrogens is 269 g/mol. The number of ether oxygens (including phenoxy) is 1. The van der Waals surface area contributed by atoms with E-state index in [-0.39, 0.29) is 12.2 Å². The van der Waals surface area contributed by atoms with Crippen LogP contribution in [0.2, 0.25) is 5.02 Å². The maximum absolute atomic E-state index is 13.6. The molecule has 1 unspecified atom stereocenters. The molecule has 0 saturated heterocycles. The third kappa shape index (κ3) is 3.43. The molecule has 5 heteroatoms. The van der Waals surface area contributed by atoms with Crippen molar-refractivity contribution in [1.29, 1.82) is 0 Å². The molecule has 0 bridgehead atoms. The van der Waals surface area contributed by atoms with Crippen molar-refractivity contribution in [3.63, 3.8) is 0 Å². The number of hydrogen-bond donors (Lipinski definition) is 1. The van der Waals surface area contributed by atoms with E-state index >= 15 is 0 Å². The first-order valence-corrected chi connectivity index (χ1v) is 6.10. The molecule has 2 rings (SSSR count). The molecule has 1 N–H and O–H groups in total. The number of aromatic nitrogens is 1. The van der Waals surface area contributed by atoms with Gasteiger partial charge in [0.25, 0.3) is 0 Å². The van der Waals surface area contributed by atoms with Crippen LogP contribution in [0.25, 0.3) is 0 Å². The zero-order chi connectivity index (χ0) is 13.8. The molecule has 19 heavy (non-hydrogen) atoms. The Balaban J connectivity index is 2.15. The van der Waals surface area contributed by atoms with Gasteiger partial charge in [-0.15, -0.1) is 0 Å². The topological polar surface area (TPSA) is 42.4 Å². The van der Waals surface area contributed by atoms with Crippen LogP contribution in [-0.4, -0.2) is 17.2 Å². The van der Waals surface area contributed by atoms with E-state index in [2.05, 4.69) is 4.98 Å². The highest BCUT2D eigenvalue weighted by atomic mass is 35.5. The van der Waals surface area contributed by atoms with Crippen LogP contribution in [-0.2, 0) is 6.42 Å². The Labute approximate surface area is 115 Å². The van der Waals surface area contributed by atoms with Crippen molar-refractivity contribution in [3.05, 3.63) is 58.5 Å². The highest BCUT2D eigenvalue weighted by molar-refractivity contribution is 6.30. The molecule has 0 spiro atoms. The first kappa shape index (κ1) is 13.8. The summed E-state index contributed by atoms with van der Waals surface area (Å²) in [6.45, 7) is 0. The van der Waals surface area contributed by atoms with Crippen molar-refractivity contribution in [2.45, 2.75) is 12.5 Å². The van der Waals surface area contributed by atoms with Gasteiger partial charge in [-0.25, -0.2) is 9.37 Å². The third-order valence-corrected chi connectivity index (χ3v) is 3.01. The van der Waals surface area contributed by atoms with Crippen molar-refractivity contribution in [3.8, 4) is 5.88 Å². The van der Waals surface area contributed by atoms with Gasteiger partial charge in [-0.05, 0) is 35.4 Å². The average molecular weight is 282 g/mol. The fraction of sp³-hybridized carbons (Fsp3) is 0.214. The molecule has 0 aliphatic rings. The van der Waals surface area contributed by atoms with Gasteiger partial charge in [-0.3, -0.25) is 0 Å². The van der Waals surface area contributed by atoms with Gasteiger partial charge in [0.05, 0.1) is 13.2 Å². The Kier molecular flexibility index (Phi) is 4.35. The summed E-state index contributed by atoms with van der Waals surface area (Å²) >= 11 is 5.81. The Morgan fingerprint density at radius 3 is 2.79 bits per heavy atom. The highest BCUT2D eigenvalue weighted by Gasteiger charge is 2.12. The van der Waals surface area contributed by atoms with Crippen LogP contribution in [0, 0.1) is 5.82 Å². The summed E-state index contributed by atoms with van der Waals surface area (Å²) < 4.78 is 18.5. The lowest BCUT2D eigenvalue weighted by Gasteiger charge is -2.12. The van der Waals surface area contributed by atoms with Gasteiger partial charge >= 0.3 is 0 Å². The number of aliphatic hydroxyl groups is 1. The molecule has 3 nitrogen and oxygen atoms in total. The van der Waals surface area contributed by atoms with Gasteiger partial charge in [-0.2, -0.15) is 0 Å². The Bertz CT molecular complexity index is 560. The minimum Gasteiger partial charge on any atom is -0.481 e. The maximum Gasteiger partial charge on any atom is 0.212 e. The molecule has 0 saturated carbocycles. The number of halogens is 2. The van der Waals surface area contributed by atoms with Gasteiger partial charge < -0.3 is 9.84 Å². The second kappa shape index (κ2) is 5.99. The average Bonchev–Trinajstić information content (AvgIpc) is 2.43. The molecule has 0 amide bonds. The van der Waals surface area contributed by atoms with Crippen LogP contribution in [0.4, 0.5) is 4.39 Å². The van der Waals surface area contributed by atoms with E-state index < -0.39 is 6.10 Å². The predicted octanol–water partition coefficient (Wildman–Crippen LogP) is 3.16. The van der Waals surface area contributed by atoms with Crippen molar-refractivity contribution in [1.82, 2.24) is 4.98 Å². The summed E-state index contributed by atoms with van der Waals surface area (Å²) in [5.74, 6) is 0.0785. The molecule has 1 aromatic heterocycles. The third-order valence-electron chi connectivity index (χ3n) is 2.77. The van der Waals surface area contributed by atoms with Gasteiger partial charge in [0.2, 0.25) is 5.88 Å². The van der Waals surface area contributed by atoms with Crippen molar-refractivity contribution in [2.24, 2.45) is 0 Å². The number of nitrogens with zero attached hydrogens (tertiary/aromatic N) is 1. The minimum absolute atomic E-state index is 0.139. The van der Waals surface area contributed by atoms with Crippen molar-refractivity contribution < 1.29 is 14.2 Å². The van der Waals surface area contributed by atoms with Crippen molar-refractivity contribution in [2.75, 3.05) is 7.11 Å². The van der Waals surface area contributed by atoms with E-state index in [0.717, 1.165) is 0 Å². The Morgan fingerprint density at radius 2 is 2.16 bits per heavy atom. The minimum atomic E-state index is -0.841. The zero-order valence-corrected chi connectivity index (χ0v) is 11.1. The summed E-state index contributed by atoms with van der Waals surface area (Å²) in [5.41, 5.74) is 0.969. The summed E-state index contributed by atoms with van der Waals surface area (Å²) in [6, 6.07) is 7.61. The van der Waals surface area contributed by atoms with Crippen LogP contribution in [0.3, 0.4) is 0 Å². The highest BCUT2D eigenvalue weighted by Crippen LogP contribution is 2.23.